The van der Waals surface area contributed by atoms with Gasteiger partial charge < -0.3 is 11.1 Å². The summed E-state index contributed by atoms with van der Waals surface area (Å²) in [6, 6.07) is 6.25. The molecule has 3 N–H and O–H groups in total. The first-order valence-electron chi connectivity index (χ1n) is 7.06. The van der Waals surface area contributed by atoms with E-state index in [0.717, 1.165) is 16.8 Å². The van der Waals surface area contributed by atoms with E-state index in [1.165, 1.54) is 40.0 Å². The highest BCUT2D eigenvalue weighted by Gasteiger charge is 2.11. The molecule has 2 heterocycles. The summed E-state index contributed by atoms with van der Waals surface area (Å²) in [6.45, 7) is 4.10. The second-order valence-electron chi connectivity index (χ2n) is 5.10. The van der Waals surface area contributed by atoms with Crippen molar-refractivity contribution in [3.8, 4) is 11.3 Å². The molecule has 0 unspecified atom stereocenters. The lowest BCUT2D eigenvalue weighted by atomic mass is 10.0. The summed E-state index contributed by atoms with van der Waals surface area (Å²) in [5.74, 6) is 0.114. The minimum atomic E-state index is -0.129. The van der Waals surface area contributed by atoms with Crippen LogP contribution in [-0.4, -0.2) is 26.8 Å². The van der Waals surface area contributed by atoms with E-state index in [1.807, 2.05) is 5.38 Å². The van der Waals surface area contributed by atoms with Crippen LogP contribution in [0.5, 0.6) is 0 Å². The number of nitrogens with one attached hydrogen (secondary N) is 1. The van der Waals surface area contributed by atoms with Crippen molar-refractivity contribution in [1.29, 1.82) is 0 Å². The zero-order valence-electron chi connectivity index (χ0n) is 13.1. The maximum Gasteiger partial charge on any atom is 0.236 e. The van der Waals surface area contributed by atoms with Gasteiger partial charge in [-0.25, -0.2) is 4.98 Å². The van der Waals surface area contributed by atoms with Gasteiger partial charge >= 0.3 is 0 Å². The Bertz CT molecular complexity index is 874. The van der Waals surface area contributed by atoms with Crippen molar-refractivity contribution in [2.24, 2.45) is 0 Å². The molecular formula is C15H15N5OS3. The van der Waals surface area contributed by atoms with Crippen LogP contribution in [-0.2, 0) is 4.79 Å². The van der Waals surface area contributed by atoms with Crippen LogP contribution in [0, 0.1) is 13.8 Å². The Morgan fingerprint density at radius 2 is 2.17 bits per heavy atom. The van der Waals surface area contributed by atoms with Crippen LogP contribution in [0.2, 0.25) is 0 Å². The number of benzene rings is 1. The molecule has 0 aliphatic carbocycles. The normalized spacial score (nSPS) is 10.8. The van der Waals surface area contributed by atoms with Gasteiger partial charge in [0.2, 0.25) is 11.0 Å². The average Bonchev–Trinajstić information content (AvgIpc) is 3.17. The predicted molar refractivity (Wildman–Crippen MR) is 101 cm³/mol. The Kier molecular flexibility index (Phi) is 5.12. The summed E-state index contributed by atoms with van der Waals surface area (Å²) in [5, 5.41) is 13.3. The first-order chi connectivity index (χ1) is 11.5. The molecule has 124 valence electrons. The van der Waals surface area contributed by atoms with Crippen molar-refractivity contribution in [3.63, 3.8) is 0 Å². The molecule has 3 rings (SSSR count). The van der Waals surface area contributed by atoms with Crippen LogP contribution in [0.3, 0.4) is 0 Å². The summed E-state index contributed by atoms with van der Waals surface area (Å²) in [5.41, 5.74) is 9.82. The van der Waals surface area contributed by atoms with Gasteiger partial charge in [-0.2, -0.15) is 0 Å². The number of anilines is 2. The zero-order chi connectivity index (χ0) is 17.1. The number of nitrogen functional groups attached to an aromatic ring is 1. The highest BCUT2D eigenvalue weighted by Crippen LogP contribution is 2.29. The van der Waals surface area contributed by atoms with Gasteiger partial charge in [-0.1, -0.05) is 40.8 Å². The van der Waals surface area contributed by atoms with E-state index in [1.54, 1.807) is 0 Å². The van der Waals surface area contributed by atoms with Crippen molar-refractivity contribution >= 4 is 50.6 Å². The van der Waals surface area contributed by atoms with Gasteiger partial charge in [0.25, 0.3) is 0 Å². The molecular weight excluding hydrogens is 362 g/mol. The Morgan fingerprint density at radius 1 is 1.33 bits per heavy atom. The van der Waals surface area contributed by atoms with Gasteiger partial charge in [-0.15, -0.1) is 21.5 Å². The van der Waals surface area contributed by atoms with Gasteiger partial charge in [-0.3, -0.25) is 4.79 Å². The van der Waals surface area contributed by atoms with Gasteiger partial charge in [0.15, 0.2) is 9.47 Å². The van der Waals surface area contributed by atoms with Gasteiger partial charge in [-0.05, 0) is 25.5 Å². The molecule has 1 amide bonds. The fourth-order valence-electron chi connectivity index (χ4n) is 2.03. The van der Waals surface area contributed by atoms with Crippen LogP contribution >= 0.6 is 34.4 Å². The smallest absolute Gasteiger partial charge is 0.236 e. The molecule has 2 aromatic heterocycles. The van der Waals surface area contributed by atoms with E-state index >= 15 is 0 Å². The van der Waals surface area contributed by atoms with E-state index in [-0.39, 0.29) is 11.7 Å². The number of aryl methyl sites for hydroxylation is 2. The Balaban J connectivity index is 1.63. The Labute approximate surface area is 151 Å². The summed E-state index contributed by atoms with van der Waals surface area (Å²) in [7, 11) is 0. The molecule has 0 fully saturated rings. The Morgan fingerprint density at radius 3 is 2.92 bits per heavy atom. The number of nitrogens with zero attached hydrogens (tertiary/aromatic N) is 3. The van der Waals surface area contributed by atoms with Gasteiger partial charge in [0, 0.05) is 10.9 Å². The second kappa shape index (κ2) is 7.29. The molecule has 9 heteroatoms. The minimum absolute atomic E-state index is 0.129. The third-order valence-corrected chi connectivity index (χ3v) is 5.81. The zero-order valence-corrected chi connectivity index (χ0v) is 15.5. The van der Waals surface area contributed by atoms with E-state index < -0.39 is 0 Å². The molecule has 0 aliphatic rings. The monoisotopic (exact) mass is 377 g/mol. The molecule has 0 saturated carbocycles. The average molecular weight is 378 g/mol. The lowest BCUT2D eigenvalue weighted by molar-refractivity contribution is -0.113. The second-order valence-corrected chi connectivity index (χ2v) is 8.19. The number of aromatic nitrogens is 3. The van der Waals surface area contributed by atoms with Gasteiger partial charge in [0.1, 0.15) is 0 Å². The standard InChI is InChI=1S/C15H15N5OS3/c1-8-3-4-9(2)10(5-8)11-6-22-14(17-11)18-12(21)7-23-15-20-19-13(16)24-15/h3-6H,7H2,1-2H3,(H2,16,19)(H,17,18,21). The minimum Gasteiger partial charge on any atom is -0.374 e. The van der Waals surface area contributed by atoms with Crippen LogP contribution in [0.15, 0.2) is 27.9 Å². The summed E-state index contributed by atoms with van der Waals surface area (Å²) in [4.78, 5) is 16.5. The summed E-state index contributed by atoms with van der Waals surface area (Å²) < 4.78 is 0.679. The van der Waals surface area contributed by atoms with Crippen molar-refractivity contribution in [2.45, 2.75) is 18.2 Å². The molecule has 0 aliphatic heterocycles. The molecule has 24 heavy (non-hydrogen) atoms. The van der Waals surface area contributed by atoms with Crippen molar-refractivity contribution < 1.29 is 4.79 Å². The molecule has 3 aromatic rings. The SMILES string of the molecule is Cc1ccc(C)c(-c2csc(NC(=O)CSc3nnc(N)s3)n2)c1. The first kappa shape index (κ1) is 16.9. The Hall–Kier alpha value is -1.97. The van der Waals surface area contributed by atoms with Crippen LogP contribution in [0.4, 0.5) is 10.3 Å². The molecule has 0 spiro atoms. The molecule has 6 nitrogen and oxygen atoms in total. The third kappa shape index (κ3) is 4.11. The predicted octanol–water partition coefficient (Wildman–Crippen LogP) is 3.59. The number of nitrogens with two attached hydrogens (primary N) is 1. The number of hydrogen-bond donors (Lipinski definition) is 2. The lowest BCUT2D eigenvalue weighted by Gasteiger charge is -2.04. The highest BCUT2D eigenvalue weighted by atomic mass is 32.2. The fourth-order valence-corrected chi connectivity index (χ4v) is 4.19. The largest absolute Gasteiger partial charge is 0.374 e. The number of thioether (sulfide) groups is 1. The summed E-state index contributed by atoms with van der Waals surface area (Å²) in [6.07, 6.45) is 0. The molecule has 0 bridgehead atoms. The molecule has 1 aromatic carbocycles. The molecule has 0 radical (unpaired) electrons. The van der Waals surface area contributed by atoms with Crippen LogP contribution in [0.25, 0.3) is 11.3 Å². The van der Waals surface area contributed by atoms with Crippen molar-refractivity contribution in [2.75, 3.05) is 16.8 Å². The summed E-state index contributed by atoms with van der Waals surface area (Å²) >= 11 is 3.99. The lowest BCUT2D eigenvalue weighted by Crippen LogP contribution is -2.13. The van der Waals surface area contributed by atoms with E-state index in [0.29, 0.717) is 14.6 Å². The molecule has 0 atom stereocenters. The molecule has 0 saturated heterocycles. The maximum atomic E-state index is 12.0. The highest BCUT2D eigenvalue weighted by molar-refractivity contribution is 8.01. The number of carbonyl (C=O) groups is 1. The third-order valence-electron chi connectivity index (χ3n) is 3.17. The van der Waals surface area contributed by atoms with E-state index in [9.17, 15) is 4.79 Å². The van der Waals surface area contributed by atoms with Crippen molar-refractivity contribution in [1.82, 2.24) is 15.2 Å². The topological polar surface area (TPSA) is 93.8 Å². The van der Waals surface area contributed by atoms with E-state index in [2.05, 4.69) is 52.5 Å². The van der Waals surface area contributed by atoms with Crippen LogP contribution in [0.1, 0.15) is 11.1 Å². The fraction of sp³-hybridized carbons (Fsp3) is 0.200. The quantitative estimate of drug-likeness (QED) is 0.660. The number of hydrogen-bond acceptors (Lipinski definition) is 8. The van der Waals surface area contributed by atoms with Crippen molar-refractivity contribution in [3.05, 3.63) is 34.7 Å². The number of carbonyl (C=O) groups excluding carboxylic acids is 1. The first-order valence-corrected chi connectivity index (χ1v) is 9.74. The number of thiazole rings is 1. The maximum absolute atomic E-state index is 12.0. The van der Waals surface area contributed by atoms with E-state index in [4.69, 9.17) is 5.73 Å². The number of rotatable bonds is 5. The number of amides is 1. The van der Waals surface area contributed by atoms with Crippen LogP contribution < -0.4 is 11.1 Å². The van der Waals surface area contributed by atoms with Gasteiger partial charge in [0.05, 0.1) is 11.4 Å².